The van der Waals surface area contributed by atoms with E-state index in [1.54, 1.807) is 21.1 Å². The molecule has 1 unspecified atom stereocenters. The van der Waals surface area contributed by atoms with Crippen molar-refractivity contribution >= 4 is 8.32 Å². The zero-order valence-corrected chi connectivity index (χ0v) is 16.5. The number of aromatic nitrogens is 3. The summed E-state index contributed by atoms with van der Waals surface area (Å²) in [6.07, 6.45) is -0.376. The van der Waals surface area contributed by atoms with Crippen molar-refractivity contribution in [3.63, 3.8) is 0 Å². The lowest BCUT2D eigenvalue weighted by atomic mass is 10.2. The molecule has 1 heterocycles. The number of methoxy groups -OCH3 is 1. The molecule has 1 atom stereocenters. The molecular weight excluding hydrogens is 314 g/mol. The van der Waals surface area contributed by atoms with E-state index in [0.29, 0.717) is 12.4 Å². The van der Waals surface area contributed by atoms with Crippen LogP contribution < -0.4 is 11.4 Å². The summed E-state index contributed by atoms with van der Waals surface area (Å²) >= 11 is 0. The maximum absolute atomic E-state index is 12.2. The molecule has 0 aromatic carbocycles. The van der Waals surface area contributed by atoms with E-state index in [0.717, 1.165) is 4.57 Å². The minimum absolute atomic E-state index is 0.0870. The Morgan fingerprint density at radius 1 is 1.26 bits per heavy atom. The minimum Gasteiger partial charge on any atom is -0.414 e. The fourth-order valence-corrected chi connectivity index (χ4v) is 2.78. The first-order chi connectivity index (χ1) is 10.4. The molecule has 0 spiro atoms. The van der Waals surface area contributed by atoms with Crippen molar-refractivity contribution in [2.24, 2.45) is 7.05 Å². The summed E-state index contributed by atoms with van der Waals surface area (Å²) in [5.41, 5.74) is -0.947. The summed E-state index contributed by atoms with van der Waals surface area (Å²) in [6.45, 7) is 12.9. The second-order valence-electron chi connectivity index (χ2n) is 7.32. The molecule has 0 saturated heterocycles. The van der Waals surface area contributed by atoms with Gasteiger partial charge in [-0.25, -0.2) is 14.2 Å². The van der Waals surface area contributed by atoms with Crippen LogP contribution in [-0.2, 0) is 22.8 Å². The van der Waals surface area contributed by atoms with Crippen molar-refractivity contribution in [2.45, 2.75) is 58.5 Å². The first kappa shape index (κ1) is 19.8. The summed E-state index contributed by atoms with van der Waals surface area (Å²) < 4.78 is 14.0. The molecule has 0 saturated carbocycles. The van der Waals surface area contributed by atoms with Crippen molar-refractivity contribution in [1.82, 2.24) is 14.1 Å². The topological polar surface area (TPSA) is 75.3 Å². The lowest BCUT2D eigenvalue weighted by Gasteiger charge is -2.37. The average Bonchev–Trinajstić information content (AvgIpc) is 2.43. The van der Waals surface area contributed by atoms with E-state index in [2.05, 4.69) is 38.8 Å². The molecule has 132 valence electrons. The Hall–Kier alpha value is -1.25. The number of nitrogens with zero attached hydrogens (tertiary/aromatic N) is 3. The maximum Gasteiger partial charge on any atom is 0.353 e. The minimum atomic E-state index is -1.91. The summed E-state index contributed by atoms with van der Waals surface area (Å²) in [5.74, 6) is 0.391. The van der Waals surface area contributed by atoms with Crippen molar-refractivity contribution < 1.29 is 9.16 Å². The van der Waals surface area contributed by atoms with Gasteiger partial charge < -0.3 is 9.16 Å². The van der Waals surface area contributed by atoms with Crippen molar-refractivity contribution in [3.8, 4) is 0 Å². The van der Waals surface area contributed by atoms with Gasteiger partial charge in [-0.1, -0.05) is 20.8 Å². The molecule has 0 N–H and O–H groups in total. The second kappa shape index (κ2) is 7.10. The molecule has 7 nitrogen and oxygen atoms in total. The van der Waals surface area contributed by atoms with Crippen molar-refractivity contribution in [1.29, 1.82) is 0 Å². The largest absolute Gasteiger partial charge is 0.414 e. The van der Waals surface area contributed by atoms with E-state index >= 15 is 0 Å². The predicted molar refractivity (Wildman–Crippen MR) is 92.4 cm³/mol. The fraction of sp³-hybridized carbons (Fsp3) is 0.800. The van der Waals surface area contributed by atoms with Gasteiger partial charge in [0.15, 0.2) is 8.32 Å². The highest BCUT2D eigenvalue weighted by Crippen LogP contribution is 2.36. The molecule has 0 aliphatic carbocycles. The maximum atomic E-state index is 12.2. The summed E-state index contributed by atoms with van der Waals surface area (Å²) in [5, 5.41) is 0.0870. The van der Waals surface area contributed by atoms with Gasteiger partial charge in [-0.05, 0) is 25.1 Å². The van der Waals surface area contributed by atoms with E-state index in [4.69, 9.17) is 9.16 Å². The van der Waals surface area contributed by atoms with Gasteiger partial charge in [0, 0.05) is 14.2 Å². The number of aryl methyl sites for hydroxylation is 1. The predicted octanol–water partition coefficient (Wildman–Crippen LogP) is 1.29. The van der Waals surface area contributed by atoms with Gasteiger partial charge in [0.05, 0.1) is 19.3 Å². The molecule has 0 radical (unpaired) electrons. The zero-order chi connectivity index (χ0) is 18.0. The Kier molecular flexibility index (Phi) is 6.11. The van der Waals surface area contributed by atoms with Crippen LogP contribution in [0.15, 0.2) is 9.59 Å². The Labute approximate surface area is 138 Å². The zero-order valence-electron chi connectivity index (χ0n) is 15.5. The molecule has 8 heteroatoms. The van der Waals surface area contributed by atoms with Gasteiger partial charge in [-0.15, -0.1) is 0 Å². The van der Waals surface area contributed by atoms with Crippen LogP contribution in [-0.4, -0.2) is 42.3 Å². The second-order valence-corrected chi connectivity index (χ2v) is 12.1. The Morgan fingerprint density at radius 3 is 2.30 bits per heavy atom. The van der Waals surface area contributed by atoms with Crippen LogP contribution in [0.1, 0.15) is 26.6 Å². The van der Waals surface area contributed by atoms with Gasteiger partial charge in [0.2, 0.25) is 0 Å². The highest BCUT2D eigenvalue weighted by Gasteiger charge is 2.37. The van der Waals surface area contributed by atoms with Crippen LogP contribution in [0.2, 0.25) is 18.1 Å². The van der Waals surface area contributed by atoms with Crippen molar-refractivity contribution in [3.05, 3.63) is 26.8 Å². The number of ether oxygens (including phenoxy) is 1. The monoisotopic (exact) mass is 343 g/mol. The third kappa shape index (κ3) is 4.62. The molecule has 1 aromatic heterocycles. The van der Waals surface area contributed by atoms with Gasteiger partial charge in [-0.2, -0.15) is 4.98 Å². The number of hydrogen-bond acceptors (Lipinski definition) is 5. The first-order valence-corrected chi connectivity index (χ1v) is 10.6. The van der Waals surface area contributed by atoms with Gasteiger partial charge in [-0.3, -0.25) is 4.57 Å². The Morgan fingerprint density at radius 2 is 1.83 bits per heavy atom. The lowest BCUT2D eigenvalue weighted by Crippen LogP contribution is -2.47. The van der Waals surface area contributed by atoms with Crippen LogP contribution in [0.25, 0.3) is 0 Å². The number of rotatable bonds is 6. The molecule has 1 rings (SSSR count). The highest BCUT2D eigenvalue weighted by atomic mass is 28.4. The van der Waals surface area contributed by atoms with E-state index in [1.807, 2.05) is 0 Å². The molecule has 0 aliphatic rings. The summed E-state index contributed by atoms with van der Waals surface area (Å²) in [6, 6.07) is 0. The van der Waals surface area contributed by atoms with Crippen LogP contribution >= 0.6 is 0 Å². The van der Waals surface area contributed by atoms with E-state index in [1.165, 1.54) is 4.57 Å². The molecular formula is C15H29N3O4Si. The summed E-state index contributed by atoms with van der Waals surface area (Å²) in [7, 11) is 1.23. The fourth-order valence-electron chi connectivity index (χ4n) is 1.75. The van der Waals surface area contributed by atoms with Gasteiger partial charge >= 0.3 is 11.4 Å². The highest BCUT2D eigenvalue weighted by molar-refractivity contribution is 6.74. The molecule has 0 aliphatic heterocycles. The summed E-state index contributed by atoms with van der Waals surface area (Å²) in [4.78, 5) is 28.0. The quantitative estimate of drug-likeness (QED) is 0.728. The molecule has 0 amide bonds. The average molecular weight is 344 g/mol. The normalized spacial score (nSPS) is 14.1. The van der Waals surface area contributed by atoms with Crippen LogP contribution in [0.3, 0.4) is 0 Å². The Bertz CT molecular complexity index is 658. The lowest BCUT2D eigenvalue weighted by molar-refractivity contribution is 0.0390. The Balaban J connectivity index is 2.93. The molecule has 0 bridgehead atoms. The molecule has 0 fully saturated rings. The third-order valence-electron chi connectivity index (χ3n) is 4.65. The van der Waals surface area contributed by atoms with Crippen LogP contribution in [0, 0.1) is 6.92 Å². The first-order valence-electron chi connectivity index (χ1n) is 7.72. The number of hydrogen-bond donors (Lipinski definition) is 0. The van der Waals surface area contributed by atoms with E-state index < -0.39 is 19.7 Å². The van der Waals surface area contributed by atoms with E-state index in [-0.39, 0.29) is 17.7 Å². The smallest absolute Gasteiger partial charge is 0.353 e. The van der Waals surface area contributed by atoms with Crippen LogP contribution in [0.5, 0.6) is 0 Å². The molecule has 1 aromatic rings. The standard InChI is InChI=1S/C15H29N3O4Si/c1-11-16-13(19)18(14(20)17(11)5)9-12(21-6)10-22-23(7,8)15(2,3)4/h12H,9-10H2,1-8H3. The SMILES string of the molecule is COC(CO[Si](C)(C)C(C)(C)C)Cn1c(=O)nc(C)n(C)c1=O. The van der Waals surface area contributed by atoms with Gasteiger partial charge in [0.1, 0.15) is 5.82 Å². The molecule has 23 heavy (non-hydrogen) atoms. The van der Waals surface area contributed by atoms with E-state index in [9.17, 15) is 9.59 Å². The third-order valence-corrected chi connectivity index (χ3v) is 9.15. The van der Waals surface area contributed by atoms with Gasteiger partial charge in [0.25, 0.3) is 0 Å². The van der Waals surface area contributed by atoms with Crippen molar-refractivity contribution in [2.75, 3.05) is 13.7 Å². The van der Waals surface area contributed by atoms with Crippen LogP contribution in [0.4, 0.5) is 0 Å².